The average Bonchev–Trinajstić information content (AvgIpc) is 2.80. The van der Waals surface area contributed by atoms with E-state index >= 15 is 0 Å². The second kappa shape index (κ2) is 5.86. The van der Waals surface area contributed by atoms with Gasteiger partial charge in [0, 0.05) is 12.2 Å². The number of hydrogen-bond acceptors (Lipinski definition) is 3. The number of nitrogens with zero attached hydrogens (tertiary/aromatic N) is 2. The molecule has 0 bridgehead atoms. The lowest BCUT2D eigenvalue weighted by Gasteiger charge is -2.29. The summed E-state index contributed by atoms with van der Waals surface area (Å²) < 4.78 is 1.35. The molecular formula is C13H19N3O3. The van der Waals surface area contributed by atoms with Gasteiger partial charge in [-0.3, -0.25) is 9.48 Å². The van der Waals surface area contributed by atoms with Crippen LogP contribution in [0.5, 0.6) is 0 Å². The van der Waals surface area contributed by atoms with Crippen LogP contribution in [-0.2, 0) is 11.3 Å². The van der Waals surface area contributed by atoms with Gasteiger partial charge >= 0.3 is 5.97 Å². The number of carbonyl (C=O) groups is 2. The maximum atomic E-state index is 11.9. The van der Waals surface area contributed by atoms with Crippen molar-refractivity contribution in [2.24, 2.45) is 5.92 Å². The van der Waals surface area contributed by atoms with E-state index in [1.54, 1.807) is 0 Å². The third-order valence-corrected chi connectivity index (χ3v) is 3.62. The van der Waals surface area contributed by atoms with Gasteiger partial charge in [0.15, 0.2) is 5.69 Å². The number of aromatic carboxylic acids is 1. The van der Waals surface area contributed by atoms with Crippen LogP contribution in [0.15, 0.2) is 12.3 Å². The molecule has 2 unspecified atom stereocenters. The topological polar surface area (TPSA) is 84.2 Å². The lowest BCUT2D eigenvalue weighted by Crippen LogP contribution is -2.42. The maximum Gasteiger partial charge on any atom is 0.356 e. The first kappa shape index (κ1) is 13.6. The number of nitrogens with one attached hydrogen (secondary N) is 1. The molecule has 1 heterocycles. The number of amides is 1. The molecule has 1 aliphatic carbocycles. The molecule has 1 fully saturated rings. The van der Waals surface area contributed by atoms with Crippen LogP contribution in [0.2, 0.25) is 0 Å². The van der Waals surface area contributed by atoms with Crippen molar-refractivity contribution in [2.75, 3.05) is 0 Å². The lowest BCUT2D eigenvalue weighted by atomic mass is 9.86. The molecule has 1 saturated carbocycles. The minimum absolute atomic E-state index is 0.0427. The van der Waals surface area contributed by atoms with Crippen molar-refractivity contribution >= 4 is 11.9 Å². The van der Waals surface area contributed by atoms with E-state index in [9.17, 15) is 9.59 Å². The number of aromatic nitrogens is 2. The Bertz CT molecular complexity index is 469. The van der Waals surface area contributed by atoms with Crippen molar-refractivity contribution in [3.05, 3.63) is 18.0 Å². The summed E-state index contributed by atoms with van der Waals surface area (Å²) in [4.78, 5) is 22.6. The van der Waals surface area contributed by atoms with Crippen molar-refractivity contribution in [1.82, 2.24) is 15.1 Å². The zero-order valence-electron chi connectivity index (χ0n) is 11.0. The van der Waals surface area contributed by atoms with Gasteiger partial charge in [-0.2, -0.15) is 5.10 Å². The van der Waals surface area contributed by atoms with E-state index in [0.29, 0.717) is 5.92 Å². The van der Waals surface area contributed by atoms with Crippen LogP contribution in [0.1, 0.15) is 43.1 Å². The molecule has 104 valence electrons. The quantitative estimate of drug-likeness (QED) is 0.858. The van der Waals surface area contributed by atoms with Crippen molar-refractivity contribution < 1.29 is 14.7 Å². The fraction of sp³-hybridized carbons (Fsp3) is 0.615. The predicted octanol–water partition coefficient (Wildman–Crippen LogP) is 1.28. The van der Waals surface area contributed by atoms with Gasteiger partial charge < -0.3 is 10.4 Å². The summed E-state index contributed by atoms with van der Waals surface area (Å²) in [6, 6.07) is 1.62. The molecule has 0 aromatic carbocycles. The van der Waals surface area contributed by atoms with E-state index in [1.807, 2.05) is 0 Å². The summed E-state index contributed by atoms with van der Waals surface area (Å²) >= 11 is 0. The lowest BCUT2D eigenvalue weighted by molar-refractivity contribution is -0.123. The molecule has 1 aromatic heterocycles. The number of carbonyl (C=O) groups excluding carboxylic acids is 1. The van der Waals surface area contributed by atoms with Crippen molar-refractivity contribution in [2.45, 2.75) is 45.2 Å². The zero-order chi connectivity index (χ0) is 13.8. The second-order valence-electron chi connectivity index (χ2n) is 5.14. The Balaban J connectivity index is 1.87. The number of carboxylic acids is 1. The fourth-order valence-corrected chi connectivity index (χ4v) is 2.49. The second-order valence-corrected chi connectivity index (χ2v) is 5.14. The molecule has 1 amide bonds. The first-order valence-corrected chi connectivity index (χ1v) is 6.62. The van der Waals surface area contributed by atoms with E-state index in [2.05, 4.69) is 17.3 Å². The summed E-state index contributed by atoms with van der Waals surface area (Å²) in [6.07, 6.45) is 6.06. The summed E-state index contributed by atoms with van der Waals surface area (Å²) in [6.45, 7) is 2.22. The van der Waals surface area contributed by atoms with E-state index in [4.69, 9.17) is 5.11 Å². The van der Waals surface area contributed by atoms with E-state index in [1.165, 1.54) is 23.4 Å². The third-order valence-electron chi connectivity index (χ3n) is 3.62. The number of carboxylic acid groups (broad SMARTS) is 1. The summed E-state index contributed by atoms with van der Waals surface area (Å²) in [5.41, 5.74) is -0.0427. The van der Waals surface area contributed by atoms with Gasteiger partial charge in [-0.25, -0.2) is 4.79 Å². The zero-order valence-corrected chi connectivity index (χ0v) is 11.0. The van der Waals surface area contributed by atoms with Crippen LogP contribution in [0.25, 0.3) is 0 Å². The summed E-state index contributed by atoms with van der Waals surface area (Å²) in [5, 5.41) is 15.6. The number of rotatable bonds is 4. The van der Waals surface area contributed by atoms with Gasteiger partial charge in [-0.05, 0) is 24.8 Å². The van der Waals surface area contributed by atoms with Crippen LogP contribution in [-0.4, -0.2) is 32.8 Å². The Morgan fingerprint density at radius 2 is 2.21 bits per heavy atom. The van der Waals surface area contributed by atoms with E-state index in [-0.39, 0.29) is 24.2 Å². The van der Waals surface area contributed by atoms with Crippen LogP contribution >= 0.6 is 0 Å². The molecule has 2 N–H and O–H groups in total. The molecule has 0 radical (unpaired) electrons. The Morgan fingerprint density at radius 1 is 1.47 bits per heavy atom. The first-order valence-electron chi connectivity index (χ1n) is 6.62. The summed E-state index contributed by atoms with van der Waals surface area (Å²) in [5.74, 6) is -0.691. The van der Waals surface area contributed by atoms with Gasteiger partial charge in [-0.1, -0.05) is 19.8 Å². The standard InChI is InChI=1S/C13H19N3O3/c1-9-4-2-3-5-10(9)14-12(17)8-16-7-6-11(15-16)13(18)19/h6-7,9-10H,2-5,8H2,1H3,(H,14,17)(H,18,19). The normalized spacial score (nSPS) is 23.0. The smallest absolute Gasteiger partial charge is 0.356 e. The molecule has 1 aromatic rings. The van der Waals surface area contributed by atoms with E-state index in [0.717, 1.165) is 19.3 Å². The van der Waals surface area contributed by atoms with Crippen molar-refractivity contribution in [3.63, 3.8) is 0 Å². The highest BCUT2D eigenvalue weighted by Gasteiger charge is 2.22. The fourth-order valence-electron chi connectivity index (χ4n) is 2.49. The van der Waals surface area contributed by atoms with Crippen LogP contribution in [0, 0.1) is 5.92 Å². The Kier molecular flexibility index (Phi) is 4.19. The molecule has 6 nitrogen and oxygen atoms in total. The van der Waals surface area contributed by atoms with Crippen LogP contribution in [0.3, 0.4) is 0 Å². The molecular weight excluding hydrogens is 246 g/mol. The largest absolute Gasteiger partial charge is 0.476 e. The van der Waals surface area contributed by atoms with E-state index < -0.39 is 5.97 Å². The Morgan fingerprint density at radius 3 is 2.84 bits per heavy atom. The molecule has 1 aliphatic rings. The molecule has 0 spiro atoms. The number of hydrogen-bond donors (Lipinski definition) is 2. The van der Waals surface area contributed by atoms with Gasteiger partial charge in [-0.15, -0.1) is 0 Å². The monoisotopic (exact) mass is 265 g/mol. The van der Waals surface area contributed by atoms with Gasteiger partial charge in [0.25, 0.3) is 0 Å². The third kappa shape index (κ3) is 3.56. The molecule has 6 heteroatoms. The average molecular weight is 265 g/mol. The molecule has 19 heavy (non-hydrogen) atoms. The van der Waals surface area contributed by atoms with Crippen LogP contribution in [0.4, 0.5) is 0 Å². The highest BCUT2D eigenvalue weighted by molar-refractivity contribution is 5.85. The molecule has 0 aliphatic heterocycles. The Labute approximate surface area is 111 Å². The van der Waals surface area contributed by atoms with Crippen LogP contribution < -0.4 is 5.32 Å². The molecule has 2 rings (SSSR count). The molecule has 0 saturated heterocycles. The first-order chi connectivity index (χ1) is 9.06. The SMILES string of the molecule is CC1CCCCC1NC(=O)Cn1ccc(C(=O)O)n1. The predicted molar refractivity (Wildman–Crippen MR) is 68.7 cm³/mol. The highest BCUT2D eigenvalue weighted by atomic mass is 16.4. The van der Waals surface area contributed by atoms with Gasteiger partial charge in [0.05, 0.1) is 0 Å². The maximum absolute atomic E-state index is 11.9. The highest BCUT2D eigenvalue weighted by Crippen LogP contribution is 2.23. The van der Waals surface area contributed by atoms with Crippen molar-refractivity contribution in [3.8, 4) is 0 Å². The summed E-state index contributed by atoms with van der Waals surface area (Å²) in [7, 11) is 0. The molecule has 2 atom stereocenters. The minimum atomic E-state index is -1.08. The van der Waals surface area contributed by atoms with Crippen molar-refractivity contribution in [1.29, 1.82) is 0 Å². The minimum Gasteiger partial charge on any atom is -0.476 e. The van der Waals surface area contributed by atoms with Gasteiger partial charge in [0.2, 0.25) is 5.91 Å². The van der Waals surface area contributed by atoms with Gasteiger partial charge in [0.1, 0.15) is 6.54 Å². The Hall–Kier alpha value is -1.85.